The fourth-order valence-electron chi connectivity index (χ4n) is 3.60. The van der Waals surface area contributed by atoms with Crippen molar-refractivity contribution >= 4 is 45.7 Å². The Kier molecular flexibility index (Phi) is 6.02. The summed E-state index contributed by atoms with van der Waals surface area (Å²) in [5, 5.41) is 23.5. The summed E-state index contributed by atoms with van der Waals surface area (Å²) in [5.74, 6) is -0.0772. The number of amides is 2. The number of rotatable bonds is 4. The minimum absolute atomic E-state index is 0.0898. The van der Waals surface area contributed by atoms with Gasteiger partial charge in [0.25, 0.3) is 11.6 Å². The van der Waals surface area contributed by atoms with Crippen molar-refractivity contribution in [1.29, 1.82) is 0 Å². The van der Waals surface area contributed by atoms with E-state index in [2.05, 4.69) is 20.5 Å². The number of nitro groups is 1. The first-order chi connectivity index (χ1) is 15.6. The third-order valence-electron chi connectivity index (χ3n) is 5.24. The highest BCUT2D eigenvalue weighted by Gasteiger charge is 2.29. The molecule has 0 bridgehead atoms. The van der Waals surface area contributed by atoms with Crippen LogP contribution in [0.3, 0.4) is 0 Å². The zero-order chi connectivity index (χ0) is 23.8. The smallest absolute Gasteiger partial charge is 0.410 e. The summed E-state index contributed by atoms with van der Waals surface area (Å²) in [6, 6.07) is 4.27. The Balaban J connectivity index is 1.39. The molecule has 0 aliphatic carbocycles. The molecule has 11 nitrogen and oxygen atoms in total. The van der Waals surface area contributed by atoms with Crippen LogP contribution in [0, 0.1) is 10.1 Å². The lowest BCUT2D eigenvalue weighted by Crippen LogP contribution is -2.41. The van der Waals surface area contributed by atoms with Crippen molar-refractivity contribution in [1.82, 2.24) is 20.1 Å². The number of nitrogens with one attached hydrogen (secondary N) is 2. The van der Waals surface area contributed by atoms with Gasteiger partial charge >= 0.3 is 6.09 Å². The molecule has 3 heterocycles. The van der Waals surface area contributed by atoms with Gasteiger partial charge in [-0.2, -0.15) is 5.10 Å². The number of ether oxygens (including phenoxy) is 1. The largest absolute Gasteiger partial charge is 0.444 e. The molecule has 0 spiro atoms. The molecule has 1 aliphatic rings. The van der Waals surface area contributed by atoms with Gasteiger partial charge in [0.1, 0.15) is 11.3 Å². The maximum absolute atomic E-state index is 12.7. The third kappa shape index (κ3) is 5.11. The molecule has 2 amide bonds. The maximum atomic E-state index is 12.7. The predicted octanol–water partition coefficient (Wildman–Crippen LogP) is 4.29. The van der Waals surface area contributed by atoms with Crippen molar-refractivity contribution in [3.8, 4) is 0 Å². The van der Waals surface area contributed by atoms with Crippen LogP contribution in [0.15, 0.2) is 23.6 Å². The van der Waals surface area contributed by atoms with Crippen molar-refractivity contribution in [3.63, 3.8) is 0 Å². The number of carbonyl (C=O) groups excluding carboxylic acids is 2. The molecular weight excluding hydrogens is 448 g/mol. The van der Waals surface area contributed by atoms with Crippen molar-refractivity contribution in [2.75, 3.05) is 18.4 Å². The minimum Gasteiger partial charge on any atom is -0.444 e. The number of hydrogen-bond acceptors (Lipinski definition) is 8. The summed E-state index contributed by atoms with van der Waals surface area (Å²) >= 11 is 1.40. The first-order valence-corrected chi connectivity index (χ1v) is 11.4. The van der Waals surface area contributed by atoms with Crippen LogP contribution < -0.4 is 5.32 Å². The highest BCUT2D eigenvalue weighted by Crippen LogP contribution is 2.31. The number of non-ortho nitro benzene ring substituents is 1. The van der Waals surface area contributed by atoms with Crippen molar-refractivity contribution in [2.45, 2.75) is 45.1 Å². The zero-order valence-electron chi connectivity index (χ0n) is 18.5. The van der Waals surface area contributed by atoms with Crippen molar-refractivity contribution in [2.24, 2.45) is 0 Å². The van der Waals surface area contributed by atoms with E-state index in [1.165, 1.54) is 23.5 Å². The summed E-state index contributed by atoms with van der Waals surface area (Å²) < 4.78 is 5.43. The molecule has 1 aromatic carbocycles. The number of nitrogens with zero attached hydrogens (tertiary/aromatic N) is 4. The summed E-state index contributed by atoms with van der Waals surface area (Å²) in [6.07, 6.45) is 1.16. The van der Waals surface area contributed by atoms with E-state index in [0.29, 0.717) is 24.0 Å². The molecule has 4 rings (SSSR count). The monoisotopic (exact) mass is 472 g/mol. The number of H-pyrrole nitrogens is 1. The predicted molar refractivity (Wildman–Crippen MR) is 123 cm³/mol. The van der Waals surface area contributed by atoms with E-state index in [9.17, 15) is 19.7 Å². The second-order valence-electron chi connectivity index (χ2n) is 8.83. The lowest BCUT2D eigenvalue weighted by Gasteiger charge is -2.32. The molecule has 1 fully saturated rings. The van der Waals surface area contributed by atoms with E-state index in [1.807, 2.05) is 20.8 Å². The summed E-state index contributed by atoms with van der Waals surface area (Å²) in [6.45, 7) is 6.66. The molecule has 0 atom stereocenters. The van der Waals surface area contributed by atoms with E-state index < -0.39 is 16.4 Å². The molecule has 2 aromatic heterocycles. The second kappa shape index (κ2) is 8.77. The SMILES string of the molecule is CC(C)(C)OC(=O)N1CCC(c2nc(C(=O)Nc3n[nH]c4ccc([N+](=O)[O-])cc34)cs2)CC1. The van der Waals surface area contributed by atoms with Gasteiger partial charge < -0.3 is 15.0 Å². The molecule has 33 heavy (non-hydrogen) atoms. The van der Waals surface area contributed by atoms with Crippen LogP contribution in [0.4, 0.5) is 16.3 Å². The van der Waals surface area contributed by atoms with Crippen LogP contribution in [-0.2, 0) is 4.74 Å². The summed E-state index contributed by atoms with van der Waals surface area (Å²) in [7, 11) is 0. The highest BCUT2D eigenvalue weighted by atomic mass is 32.1. The molecule has 2 N–H and O–H groups in total. The normalized spacial score (nSPS) is 14.9. The fourth-order valence-corrected chi connectivity index (χ4v) is 4.57. The van der Waals surface area contributed by atoms with E-state index in [-0.39, 0.29) is 29.2 Å². The lowest BCUT2D eigenvalue weighted by atomic mass is 9.98. The Morgan fingerprint density at radius 1 is 1.30 bits per heavy atom. The zero-order valence-corrected chi connectivity index (χ0v) is 19.3. The molecule has 1 aliphatic heterocycles. The van der Waals surface area contributed by atoms with Crippen LogP contribution in [-0.4, -0.2) is 55.7 Å². The Bertz CT molecular complexity index is 1210. The number of nitro benzene ring substituents is 1. The lowest BCUT2D eigenvalue weighted by molar-refractivity contribution is -0.384. The highest BCUT2D eigenvalue weighted by molar-refractivity contribution is 7.10. The molecule has 174 valence electrons. The minimum atomic E-state index is -0.532. The van der Waals surface area contributed by atoms with Crippen LogP contribution in [0.5, 0.6) is 0 Å². The van der Waals surface area contributed by atoms with Gasteiger partial charge in [-0.15, -0.1) is 11.3 Å². The quantitative estimate of drug-likeness (QED) is 0.426. The Hall–Kier alpha value is -3.54. The van der Waals surface area contributed by atoms with Gasteiger partial charge in [0.05, 0.1) is 20.8 Å². The van der Waals surface area contributed by atoms with E-state index >= 15 is 0 Å². The number of anilines is 1. The van der Waals surface area contributed by atoms with Crippen LogP contribution in [0.25, 0.3) is 10.9 Å². The Morgan fingerprint density at radius 2 is 2.03 bits per heavy atom. The van der Waals surface area contributed by atoms with Crippen molar-refractivity contribution in [3.05, 3.63) is 44.4 Å². The van der Waals surface area contributed by atoms with Gasteiger partial charge in [-0.05, 0) is 39.7 Å². The number of carbonyl (C=O) groups is 2. The number of fused-ring (bicyclic) bond motifs is 1. The molecule has 1 saturated heterocycles. The number of benzene rings is 1. The average Bonchev–Trinajstić information content (AvgIpc) is 3.40. The second-order valence-corrected chi connectivity index (χ2v) is 9.72. The van der Waals surface area contributed by atoms with E-state index in [1.54, 1.807) is 16.3 Å². The van der Waals surface area contributed by atoms with Gasteiger partial charge in [-0.3, -0.25) is 20.0 Å². The van der Waals surface area contributed by atoms with E-state index in [0.717, 1.165) is 17.8 Å². The van der Waals surface area contributed by atoms with Gasteiger partial charge in [0.2, 0.25) is 0 Å². The van der Waals surface area contributed by atoms with Gasteiger partial charge in [-0.1, -0.05) is 0 Å². The van der Waals surface area contributed by atoms with Crippen LogP contribution in [0.2, 0.25) is 0 Å². The summed E-state index contributed by atoms with van der Waals surface area (Å²) in [4.78, 5) is 41.7. The number of hydrogen-bond donors (Lipinski definition) is 2. The average molecular weight is 473 g/mol. The van der Waals surface area contributed by atoms with Crippen molar-refractivity contribution < 1.29 is 19.2 Å². The molecule has 12 heteroatoms. The Morgan fingerprint density at radius 3 is 2.70 bits per heavy atom. The Labute approximate surface area is 193 Å². The molecule has 0 unspecified atom stereocenters. The molecule has 0 saturated carbocycles. The topological polar surface area (TPSA) is 143 Å². The fraction of sp³-hybridized carbons (Fsp3) is 0.429. The van der Waals surface area contributed by atoms with Crippen LogP contribution >= 0.6 is 11.3 Å². The first kappa shape index (κ1) is 22.6. The van der Waals surface area contributed by atoms with E-state index in [4.69, 9.17) is 4.74 Å². The number of thiazole rings is 1. The first-order valence-electron chi connectivity index (χ1n) is 10.5. The van der Waals surface area contributed by atoms with Crippen LogP contribution in [0.1, 0.15) is 55.0 Å². The standard InChI is InChI=1S/C21H24N6O5S/c1-21(2,3)32-20(29)26-8-6-12(7-9-26)19-22-16(11-33-19)18(28)23-17-14-10-13(27(30)31)4-5-15(14)24-25-17/h4-5,10-12H,6-9H2,1-3H3,(H2,23,24,25,28). The maximum Gasteiger partial charge on any atom is 0.410 e. The molecule has 3 aromatic rings. The number of aromatic amines is 1. The van der Waals surface area contributed by atoms with Gasteiger partial charge in [0, 0.05) is 36.5 Å². The van der Waals surface area contributed by atoms with Gasteiger partial charge in [0.15, 0.2) is 5.82 Å². The number of aromatic nitrogens is 3. The number of piperidine rings is 1. The van der Waals surface area contributed by atoms with Gasteiger partial charge in [-0.25, -0.2) is 9.78 Å². The molecule has 0 radical (unpaired) electrons. The third-order valence-corrected chi connectivity index (χ3v) is 6.25. The number of likely N-dealkylation sites (tertiary alicyclic amines) is 1. The summed E-state index contributed by atoms with van der Waals surface area (Å²) in [5.41, 5.74) is 0.210. The molecular formula is C21H24N6O5S.